The van der Waals surface area contributed by atoms with Crippen LogP contribution in [-0.2, 0) is 4.74 Å². The van der Waals surface area contributed by atoms with E-state index in [1.165, 1.54) is 6.33 Å². The molecule has 3 heterocycles. The van der Waals surface area contributed by atoms with E-state index in [0.29, 0.717) is 30.2 Å². The van der Waals surface area contributed by atoms with Gasteiger partial charge in [0.1, 0.15) is 17.6 Å². The number of carbonyl (C=O) groups is 1. The lowest BCUT2D eigenvalue weighted by Gasteiger charge is -2.34. The molecule has 0 bridgehead atoms. The summed E-state index contributed by atoms with van der Waals surface area (Å²) in [7, 11) is 1.55. The largest absolute Gasteiger partial charge is 0.493 e. The number of piperidine rings is 1. The van der Waals surface area contributed by atoms with Crippen molar-refractivity contribution in [1.82, 2.24) is 19.5 Å². The number of benzene rings is 1. The predicted octanol–water partition coefficient (Wildman–Crippen LogP) is 5.25. The van der Waals surface area contributed by atoms with E-state index in [-0.39, 0.29) is 28.7 Å². The molecule has 198 valence electrons. The first-order chi connectivity index (χ1) is 17.5. The number of methoxy groups -OCH3 is 1. The van der Waals surface area contributed by atoms with Crippen molar-refractivity contribution in [2.24, 2.45) is 0 Å². The molecular weight excluding hydrogens is 476 g/mol. The molecule has 1 fully saturated rings. The van der Waals surface area contributed by atoms with Crippen LogP contribution in [0, 0.1) is 10.1 Å². The first kappa shape index (κ1) is 26.2. The Morgan fingerprint density at radius 2 is 2.03 bits per heavy atom. The quantitative estimate of drug-likeness (QED) is 0.352. The smallest absolute Gasteiger partial charge is 0.410 e. The molecule has 0 unspecified atom stereocenters. The van der Waals surface area contributed by atoms with Gasteiger partial charge in [-0.3, -0.25) is 10.1 Å². The molecule has 1 aromatic carbocycles. The molecule has 2 aromatic heterocycles. The monoisotopic (exact) mass is 510 g/mol. The van der Waals surface area contributed by atoms with Crippen LogP contribution in [0.5, 0.6) is 5.75 Å². The molecule has 0 aliphatic carbocycles. The van der Waals surface area contributed by atoms with E-state index >= 15 is 0 Å². The van der Waals surface area contributed by atoms with E-state index in [4.69, 9.17) is 9.47 Å². The second-order valence-corrected chi connectivity index (χ2v) is 10.6. The number of hydrogen-bond acceptors (Lipinski definition) is 8. The highest BCUT2D eigenvalue weighted by molar-refractivity contribution is 5.79. The highest BCUT2D eigenvalue weighted by Crippen LogP contribution is 2.39. The first-order valence-electron chi connectivity index (χ1n) is 12.4. The van der Waals surface area contributed by atoms with E-state index in [0.717, 1.165) is 29.5 Å². The Kier molecular flexibility index (Phi) is 7.24. The van der Waals surface area contributed by atoms with Crippen LogP contribution in [0.2, 0.25) is 0 Å². The Morgan fingerprint density at radius 3 is 2.68 bits per heavy atom. The number of aromatic nitrogens is 3. The lowest BCUT2D eigenvalue weighted by molar-refractivity contribution is -0.383. The van der Waals surface area contributed by atoms with Crippen molar-refractivity contribution in [3.8, 4) is 16.9 Å². The van der Waals surface area contributed by atoms with Gasteiger partial charge < -0.3 is 19.7 Å². The summed E-state index contributed by atoms with van der Waals surface area (Å²) < 4.78 is 12.6. The van der Waals surface area contributed by atoms with Gasteiger partial charge in [0.15, 0.2) is 11.4 Å². The maximum atomic E-state index is 12.6. The molecule has 1 atom stereocenters. The summed E-state index contributed by atoms with van der Waals surface area (Å²) in [5, 5.41) is 19.8. The summed E-state index contributed by atoms with van der Waals surface area (Å²) in [5.41, 5.74) is 2.78. The molecule has 4 rings (SSSR count). The second-order valence-electron chi connectivity index (χ2n) is 10.6. The van der Waals surface area contributed by atoms with Gasteiger partial charge >= 0.3 is 6.09 Å². The summed E-state index contributed by atoms with van der Waals surface area (Å²) in [6.07, 6.45) is 4.42. The fourth-order valence-corrected chi connectivity index (χ4v) is 4.60. The van der Waals surface area contributed by atoms with Gasteiger partial charge in [0.05, 0.1) is 12.0 Å². The number of hydrogen-bond donors (Lipinski definition) is 1. The van der Waals surface area contributed by atoms with Crippen molar-refractivity contribution in [3.05, 3.63) is 46.4 Å². The molecule has 1 amide bonds. The Bertz CT molecular complexity index is 1310. The average molecular weight is 511 g/mol. The van der Waals surface area contributed by atoms with Crippen molar-refractivity contribution >= 4 is 23.1 Å². The third-order valence-corrected chi connectivity index (χ3v) is 6.29. The summed E-state index contributed by atoms with van der Waals surface area (Å²) >= 11 is 0. The van der Waals surface area contributed by atoms with Crippen molar-refractivity contribution in [3.63, 3.8) is 0 Å². The van der Waals surface area contributed by atoms with Crippen LogP contribution in [0.3, 0.4) is 0 Å². The highest BCUT2D eigenvalue weighted by Gasteiger charge is 2.30. The molecule has 1 aliphatic rings. The molecule has 3 aromatic rings. The average Bonchev–Trinajstić information content (AvgIpc) is 3.31. The number of nitrogens with one attached hydrogen (secondary N) is 1. The molecule has 0 radical (unpaired) electrons. The van der Waals surface area contributed by atoms with Crippen LogP contribution in [0.15, 0.2) is 30.7 Å². The van der Waals surface area contributed by atoms with Crippen molar-refractivity contribution in [1.29, 1.82) is 0 Å². The number of pyridine rings is 1. The van der Waals surface area contributed by atoms with Crippen LogP contribution >= 0.6 is 0 Å². The first-order valence-corrected chi connectivity index (χ1v) is 12.4. The zero-order chi connectivity index (χ0) is 26.9. The molecule has 11 heteroatoms. The number of nitro groups is 1. The highest BCUT2D eigenvalue weighted by atomic mass is 16.6. The van der Waals surface area contributed by atoms with Crippen LogP contribution in [0.1, 0.15) is 58.9 Å². The van der Waals surface area contributed by atoms with Crippen molar-refractivity contribution in [2.75, 3.05) is 25.5 Å². The number of nitro benzene ring substituents is 1. The Balaban J connectivity index is 1.69. The lowest BCUT2D eigenvalue weighted by atomic mass is 9.91. The van der Waals surface area contributed by atoms with E-state index < -0.39 is 5.60 Å². The zero-order valence-electron chi connectivity index (χ0n) is 22.1. The van der Waals surface area contributed by atoms with E-state index in [1.54, 1.807) is 28.8 Å². The van der Waals surface area contributed by atoms with Gasteiger partial charge in [0, 0.05) is 37.0 Å². The summed E-state index contributed by atoms with van der Waals surface area (Å²) in [4.78, 5) is 30.3. The van der Waals surface area contributed by atoms with Gasteiger partial charge in [0.25, 0.3) is 5.69 Å². The number of likely N-dealkylation sites (tertiary alicyclic amines) is 1. The Labute approximate surface area is 215 Å². The van der Waals surface area contributed by atoms with Gasteiger partial charge in [-0.25, -0.2) is 14.3 Å². The zero-order valence-corrected chi connectivity index (χ0v) is 22.1. The van der Waals surface area contributed by atoms with Gasteiger partial charge in [-0.2, -0.15) is 5.10 Å². The molecule has 0 spiro atoms. The predicted molar refractivity (Wildman–Crippen MR) is 140 cm³/mol. The number of amides is 1. The minimum Gasteiger partial charge on any atom is -0.493 e. The van der Waals surface area contributed by atoms with Crippen LogP contribution in [-0.4, -0.2) is 62.4 Å². The molecular formula is C26H34N6O5. The summed E-state index contributed by atoms with van der Waals surface area (Å²) in [5.74, 6) is 0.609. The molecule has 1 aliphatic heterocycles. The molecule has 1 N–H and O–H groups in total. The van der Waals surface area contributed by atoms with Gasteiger partial charge in [-0.1, -0.05) is 13.8 Å². The van der Waals surface area contributed by atoms with Gasteiger partial charge in [0.2, 0.25) is 0 Å². The number of nitrogens with zero attached hydrogens (tertiary/aromatic N) is 5. The normalized spacial score (nSPS) is 16.2. The Hall–Kier alpha value is -3.89. The second kappa shape index (κ2) is 10.2. The van der Waals surface area contributed by atoms with Crippen LogP contribution in [0.25, 0.3) is 16.8 Å². The van der Waals surface area contributed by atoms with Crippen LogP contribution in [0.4, 0.5) is 16.2 Å². The number of fused-ring (bicyclic) bond motifs is 1. The van der Waals surface area contributed by atoms with Gasteiger partial charge in [-0.15, -0.1) is 0 Å². The topological polar surface area (TPSA) is 124 Å². The molecule has 1 saturated heterocycles. The van der Waals surface area contributed by atoms with Gasteiger partial charge in [-0.05, 0) is 62.8 Å². The van der Waals surface area contributed by atoms with Crippen molar-refractivity contribution in [2.45, 2.75) is 65.0 Å². The third kappa shape index (κ3) is 5.76. The Morgan fingerprint density at radius 1 is 1.27 bits per heavy atom. The summed E-state index contributed by atoms with van der Waals surface area (Å²) in [6, 6.07) is 5.13. The minimum absolute atomic E-state index is 0.0357. The van der Waals surface area contributed by atoms with Crippen molar-refractivity contribution < 1.29 is 19.2 Å². The minimum atomic E-state index is -0.587. The maximum Gasteiger partial charge on any atom is 0.410 e. The van der Waals surface area contributed by atoms with E-state index in [1.807, 2.05) is 46.8 Å². The fraction of sp³-hybridized carbons (Fsp3) is 0.500. The third-order valence-electron chi connectivity index (χ3n) is 6.29. The van der Waals surface area contributed by atoms with E-state index in [2.05, 4.69) is 15.4 Å². The molecule has 11 nitrogen and oxygen atoms in total. The number of rotatable bonds is 6. The van der Waals surface area contributed by atoms with E-state index in [9.17, 15) is 14.9 Å². The SMILES string of the molecule is COc1cc(-c2cc([N+](=O)[O-])c(N[C@@H]3CCCN(C(=O)OC(C)(C)C)C3)cc2C(C)C)cn2ncnc12. The van der Waals surface area contributed by atoms with Crippen LogP contribution < -0.4 is 10.1 Å². The standard InChI is InChI=1S/C26H34N6O5/c1-16(2)19-11-21(29-18-8-7-9-30(14-18)25(33)37-26(3,4)5)22(32(34)35)12-20(19)17-10-23(36-6)24-27-15-28-31(24)13-17/h10-13,15-16,18,29H,7-9,14H2,1-6H3/t18-/m1/s1. The molecule has 37 heavy (non-hydrogen) atoms. The summed E-state index contributed by atoms with van der Waals surface area (Å²) in [6.45, 7) is 10.6. The maximum absolute atomic E-state index is 12.6. The molecule has 0 saturated carbocycles. The lowest BCUT2D eigenvalue weighted by Crippen LogP contribution is -2.47. The number of anilines is 1. The fourth-order valence-electron chi connectivity index (χ4n) is 4.60. The number of ether oxygens (including phenoxy) is 2. The number of carbonyl (C=O) groups excluding carboxylic acids is 1.